The van der Waals surface area contributed by atoms with Crippen LogP contribution in [0.15, 0.2) is 58.5 Å². The lowest BCUT2D eigenvalue weighted by Crippen LogP contribution is -2.32. The highest BCUT2D eigenvalue weighted by atomic mass is 35.5. The zero-order valence-electron chi connectivity index (χ0n) is 20.3. The predicted octanol–water partition coefficient (Wildman–Crippen LogP) is 5.98. The molecule has 0 spiro atoms. The molecule has 1 aliphatic heterocycles. The largest absolute Gasteiger partial charge is 0.370 e. The minimum Gasteiger partial charge on any atom is -0.370 e. The Balaban J connectivity index is 1.47. The van der Waals surface area contributed by atoms with Crippen LogP contribution in [0.1, 0.15) is 24.3 Å². The first kappa shape index (κ1) is 25.4. The van der Waals surface area contributed by atoms with Crippen molar-refractivity contribution in [2.45, 2.75) is 37.6 Å². The SMILES string of the molecule is CC1(C)Cc2c(sc3c2c(=O)n(-c2cccc(Cl)c2)c2nnc(SCC(=O)Nc4ccc(Cl)cc4)n32)CO1. The van der Waals surface area contributed by atoms with Gasteiger partial charge >= 0.3 is 0 Å². The molecule has 8 nitrogen and oxygen atoms in total. The van der Waals surface area contributed by atoms with Gasteiger partial charge < -0.3 is 10.1 Å². The highest BCUT2D eigenvalue weighted by Gasteiger charge is 2.32. The topological polar surface area (TPSA) is 90.5 Å². The van der Waals surface area contributed by atoms with Crippen LogP contribution in [0.2, 0.25) is 10.0 Å². The minimum absolute atomic E-state index is 0.0996. The van der Waals surface area contributed by atoms with Crippen LogP contribution in [0.25, 0.3) is 21.7 Å². The van der Waals surface area contributed by atoms with Gasteiger partial charge in [-0.05, 0) is 61.9 Å². The lowest BCUT2D eigenvalue weighted by Gasteiger charge is -2.29. The molecule has 1 aliphatic rings. The lowest BCUT2D eigenvalue weighted by atomic mass is 9.94. The number of rotatable bonds is 5. The first-order chi connectivity index (χ1) is 18.2. The number of halogens is 2. The third-order valence-electron chi connectivity index (χ3n) is 6.23. The van der Waals surface area contributed by atoms with Crippen LogP contribution in [0.3, 0.4) is 0 Å². The Morgan fingerprint density at radius 3 is 2.71 bits per heavy atom. The van der Waals surface area contributed by atoms with Crippen LogP contribution in [-0.2, 0) is 22.6 Å². The Labute approximate surface area is 235 Å². The number of nitrogens with one attached hydrogen (secondary N) is 1. The molecule has 0 bridgehead atoms. The highest BCUT2D eigenvalue weighted by Crippen LogP contribution is 2.39. The number of fused-ring (bicyclic) bond motifs is 5. The number of hydrogen-bond acceptors (Lipinski definition) is 7. The van der Waals surface area contributed by atoms with Crippen LogP contribution in [-0.4, -0.2) is 36.4 Å². The van der Waals surface area contributed by atoms with E-state index in [-0.39, 0.29) is 17.2 Å². The van der Waals surface area contributed by atoms with Gasteiger partial charge in [-0.1, -0.05) is 41.0 Å². The van der Waals surface area contributed by atoms with Crippen molar-refractivity contribution in [2.75, 3.05) is 11.1 Å². The Hall–Kier alpha value is -2.89. The zero-order chi connectivity index (χ0) is 26.6. The number of nitrogens with zero attached hydrogens (tertiary/aromatic N) is 4. The van der Waals surface area contributed by atoms with E-state index < -0.39 is 5.60 Å². The molecule has 0 saturated carbocycles. The van der Waals surface area contributed by atoms with Gasteiger partial charge in [0.2, 0.25) is 11.7 Å². The van der Waals surface area contributed by atoms with Crippen LogP contribution < -0.4 is 10.9 Å². The number of amides is 1. The van der Waals surface area contributed by atoms with E-state index in [1.807, 2.05) is 24.3 Å². The molecule has 0 saturated heterocycles. The summed E-state index contributed by atoms with van der Waals surface area (Å²) in [4.78, 5) is 28.5. The standard InChI is InChI=1S/C26H21Cl2N5O3S2/c1-26(2)11-18-19(12-36-26)38-23-21(18)22(35)32(17-5-3-4-15(28)10-17)24-30-31-25(33(23)24)37-13-20(34)29-16-8-6-14(27)7-9-16/h3-10H,11-13H2,1-2H3,(H,29,34). The van der Waals surface area contributed by atoms with Crippen LogP contribution in [0.5, 0.6) is 0 Å². The molecule has 1 amide bonds. The molecule has 12 heteroatoms. The summed E-state index contributed by atoms with van der Waals surface area (Å²) in [6.45, 7) is 4.47. The third-order valence-corrected chi connectivity index (χ3v) is 8.84. The number of hydrogen-bond donors (Lipinski definition) is 1. The average molecular weight is 587 g/mol. The maximum absolute atomic E-state index is 14.0. The molecule has 0 aliphatic carbocycles. The van der Waals surface area contributed by atoms with Gasteiger partial charge in [0.15, 0.2) is 5.16 Å². The Morgan fingerprint density at radius 2 is 1.95 bits per heavy atom. The fourth-order valence-electron chi connectivity index (χ4n) is 4.51. The molecule has 1 N–H and O–H groups in total. The summed E-state index contributed by atoms with van der Waals surface area (Å²) in [6.07, 6.45) is 0.604. The predicted molar refractivity (Wildman–Crippen MR) is 152 cm³/mol. The number of thiophene rings is 1. The van der Waals surface area contributed by atoms with Crippen molar-refractivity contribution in [3.63, 3.8) is 0 Å². The monoisotopic (exact) mass is 585 g/mol. The molecule has 38 heavy (non-hydrogen) atoms. The third kappa shape index (κ3) is 4.60. The van der Waals surface area contributed by atoms with Crippen LogP contribution in [0.4, 0.5) is 5.69 Å². The van der Waals surface area contributed by atoms with Gasteiger partial charge in [0.1, 0.15) is 4.83 Å². The van der Waals surface area contributed by atoms with Gasteiger partial charge in [-0.2, -0.15) is 0 Å². The maximum Gasteiger partial charge on any atom is 0.268 e. The number of ether oxygens (including phenoxy) is 1. The van der Waals surface area contributed by atoms with Gasteiger partial charge in [-0.3, -0.25) is 9.59 Å². The van der Waals surface area contributed by atoms with E-state index in [2.05, 4.69) is 15.5 Å². The number of carbonyl (C=O) groups is 1. The van der Waals surface area contributed by atoms with E-state index in [4.69, 9.17) is 27.9 Å². The lowest BCUT2D eigenvalue weighted by molar-refractivity contribution is -0.113. The van der Waals surface area contributed by atoms with Gasteiger partial charge in [-0.15, -0.1) is 21.5 Å². The summed E-state index contributed by atoms with van der Waals surface area (Å²) in [5, 5.41) is 13.8. The van der Waals surface area contributed by atoms with Gasteiger partial charge in [-0.25, -0.2) is 8.97 Å². The molecule has 194 valence electrons. The molecular formula is C26H21Cl2N5O3S2. The molecule has 0 radical (unpaired) electrons. The normalized spacial score (nSPS) is 14.6. The second-order valence-corrected chi connectivity index (χ2v) is 12.4. The summed E-state index contributed by atoms with van der Waals surface area (Å²) in [7, 11) is 0. The number of carbonyl (C=O) groups excluding carboxylic acids is 1. The van der Waals surface area contributed by atoms with Gasteiger partial charge in [0, 0.05) is 27.0 Å². The van der Waals surface area contributed by atoms with Crippen molar-refractivity contribution < 1.29 is 9.53 Å². The van der Waals surface area contributed by atoms with Crippen LogP contribution in [0, 0.1) is 0 Å². The summed E-state index contributed by atoms with van der Waals surface area (Å²) >= 11 is 15.0. The molecule has 0 atom stereocenters. The summed E-state index contributed by atoms with van der Waals surface area (Å²) in [6, 6.07) is 14.0. The number of thioether (sulfide) groups is 1. The highest BCUT2D eigenvalue weighted by molar-refractivity contribution is 7.99. The van der Waals surface area contributed by atoms with Crippen molar-refractivity contribution in [1.82, 2.24) is 19.2 Å². The van der Waals surface area contributed by atoms with Crippen molar-refractivity contribution in [1.29, 1.82) is 0 Å². The van der Waals surface area contributed by atoms with E-state index in [0.29, 0.717) is 50.8 Å². The van der Waals surface area contributed by atoms with Crippen molar-refractivity contribution in [2.24, 2.45) is 0 Å². The first-order valence-corrected chi connectivity index (χ1v) is 14.3. The van der Waals surface area contributed by atoms with Crippen molar-refractivity contribution in [3.8, 4) is 5.69 Å². The quantitative estimate of drug-likeness (QED) is 0.255. The molecular weight excluding hydrogens is 565 g/mol. The Bertz CT molecular complexity index is 1780. The summed E-state index contributed by atoms with van der Waals surface area (Å²) in [5.41, 5.74) is 1.64. The molecule has 0 unspecified atom stereocenters. The molecule has 6 rings (SSSR count). The second-order valence-electron chi connectivity index (χ2n) is 9.49. The van der Waals surface area contributed by atoms with E-state index in [0.717, 1.165) is 15.3 Å². The summed E-state index contributed by atoms with van der Waals surface area (Å²) in [5.74, 6) is 0.251. The van der Waals surface area contributed by atoms with E-state index >= 15 is 0 Å². The molecule has 5 aromatic rings. The first-order valence-electron chi connectivity index (χ1n) is 11.7. The average Bonchev–Trinajstić information content (AvgIpc) is 3.45. The second kappa shape index (κ2) is 9.69. The van der Waals surface area contributed by atoms with Crippen molar-refractivity contribution in [3.05, 3.63) is 79.4 Å². The Kier molecular flexibility index (Phi) is 6.48. The van der Waals surface area contributed by atoms with Crippen molar-refractivity contribution >= 4 is 73.9 Å². The van der Waals surface area contributed by atoms with E-state index in [1.165, 1.54) is 27.7 Å². The fraction of sp³-hybridized carbons (Fsp3) is 0.231. The summed E-state index contributed by atoms with van der Waals surface area (Å²) < 4.78 is 9.43. The molecule has 0 fully saturated rings. The zero-order valence-corrected chi connectivity index (χ0v) is 23.5. The number of benzene rings is 2. The number of anilines is 1. The van der Waals surface area contributed by atoms with E-state index in [9.17, 15) is 9.59 Å². The van der Waals surface area contributed by atoms with Crippen LogP contribution >= 0.6 is 46.3 Å². The van der Waals surface area contributed by atoms with Gasteiger partial charge in [0.25, 0.3) is 5.56 Å². The molecule has 4 heterocycles. The number of aromatic nitrogens is 4. The Morgan fingerprint density at radius 1 is 1.16 bits per heavy atom. The minimum atomic E-state index is -0.395. The van der Waals surface area contributed by atoms with E-state index in [1.54, 1.807) is 42.5 Å². The smallest absolute Gasteiger partial charge is 0.268 e. The maximum atomic E-state index is 14.0. The fourth-order valence-corrected chi connectivity index (χ4v) is 6.83. The molecule has 3 aromatic heterocycles. The molecule has 2 aromatic carbocycles. The van der Waals surface area contributed by atoms with Gasteiger partial charge in [0.05, 0.1) is 29.0 Å².